The summed E-state index contributed by atoms with van der Waals surface area (Å²) >= 11 is 1.57. The summed E-state index contributed by atoms with van der Waals surface area (Å²) in [5.74, 6) is 0.0145. The van der Waals surface area contributed by atoms with Crippen LogP contribution in [-0.4, -0.2) is 31.7 Å². The molecule has 0 radical (unpaired) electrons. The van der Waals surface area contributed by atoms with Crippen molar-refractivity contribution < 1.29 is 9.53 Å². The summed E-state index contributed by atoms with van der Waals surface area (Å²) in [6, 6.07) is 1.89. The van der Waals surface area contributed by atoms with Crippen molar-refractivity contribution in [2.75, 3.05) is 25.0 Å². The predicted octanol–water partition coefficient (Wildman–Crippen LogP) is 1.07. The highest BCUT2D eigenvalue weighted by atomic mass is 32.1. The predicted molar refractivity (Wildman–Crippen MR) is 60.2 cm³/mol. The molecule has 2 heterocycles. The molecular weight excluding hydrogens is 212 g/mol. The van der Waals surface area contributed by atoms with E-state index in [1.165, 1.54) is 0 Å². The number of amides is 1. The van der Waals surface area contributed by atoms with Crippen molar-refractivity contribution in [2.45, 2.75) is 12.5 Å². The molecule has 1 saturated heterocycles. The van der Waals surface area contributed by atoms with Crippen molar-refractivity contribution in [1.29, 1.82) is 0 Å². The number of hydrogen-bond acceptors (Lipinski definition) is 4. The van der Waals surface area contributed by atoms with Crippen LogP contribution in [-0.2, 0) is 9.53 Å². The van der Waals surface area contributed by atoms with Crippen molar-refractivity contribution >= 4 is 22.9 Å². The Bertz CT molecular complexity index is 309. The van der Waals surface area contributed by atoms with Crippen molar-refractivity contribution in [3.05, 3.63) is 16.8 Å². The zero-order valence-electron chi connectivity index (χ0n) is 8.36. The van der Waals surface area contributed by atoms with Crippen LogP contribution in [0.3, 0.4) is 0 Å². The number of carbonyl (C=O) groups excluding carboxylic acids is 1. The summed E-state index contributed by atoms with van der Waals surface area (Å²) in [5, 5.41) is 9.77. The molecule has 0 aliphatic carbocycles. The van der Waals surface area contributed by atoms with Gasteiger partial charge < -0.3 is 15.4 Å². The number of hydrogen-bond donors (Lipinski definition) is 2. The van der Waals surface area contributed by atoms with Gasteiger partial charge in [-0.3, -0.25) is 4.79 Å². The first kappa shape index (κ1) is 10.6. The summed E-state index contributed by atoms with van der Waals surface area (Å²) in [5.41, 5.74) is 0.871. The first-order valence-electron chi connectivity index (χ1n) is 4.99. The van der Waals surface area contributed by atoms with Crippen LogP contribution in [0.1, 0.15) is 6.42 Å². The van der Waals surface area contributed by atoms with E-state index >= 15 is 0 Å². The fourth-order valence-corrected chi connectivity index (χ4v) is 1.85. The zero-order chi connectivity index (χ0) is 10.5. The molecule has 2 rings (SSSR count). The maximum atomic E-state index is 11.4. The molecule has 0 unspecified atom stereocenters. The van der Waals surface area contributed by atoms with Crippen LogP contribution in [0.5, 0.6) is 0 Å². The summed E-state index contributed by atoms with van der Waals surface area (Å²) in [6.45, 7) is 2.32. The van der Waals surface area contributed by atoms with Gasteiger partial charge in [-0.25, -0.2) is 0 Å². The molecule has 5 heteroatoms. The van der Waals surface area contributed by atoms with E-state index in [0.717, 1.165) is 18.8 Å². The fourth-order valence-electron chi connectivity index (χ4n) is 1.26. The molecule has 1 aliphatic rings. The lowest BCUT2D eigenvalue weighted by Crippen LogP contribution is -2.48. The first-order valence-corrected chi connectivity index (χ1v) is 5.93. The Balaban J connectivity index is 1.60. The van der Waals surface area contributed by atoms with Crippen molar-refractivity contribution in [3.63, 3.8) is 0 Å². The van der Waals surface area contributed by atoms with Gasteiger partial charge in [0, 0.05) is 18.5 Å². The van der Waals surface area contributed by atoms with Crippen LogP contribution in [0, 0.1) is 0 Å². The van der Waals surface area contributed by atoms with E-state index in [9.17, 15) is 4.79 Å². The Kier molecular flexibility index (Phi) is 3.71. The van der Waals surface area contributed by atoms with Gasteiger partial charge in [0.2, 0.25) is 5.91 Å². The van der Waals surface area contributed by atoms with Crippen LogP contribution >= 0.6 is 11.3 Å². The molecule has 1 amide bonds. The van der Waals surface area contributed by atoms with E-state index in [-0.39, 0.29) is 5.91 Å². The van der Waals surface area contributed by atoms with E-state index < -0.39 is 0 Å². The molecule has 0 saturated carbocycles. The van der Waals surface area contributed by atoms with Crippen LogP contribution < -0.4 is 10.6 Å². The Labute approximate surface area is 92.6 Å². The average Bonchev–Trinajstić information content (AvgIpc) is 2.62. The molecule has 0 aromatic carbocycles. The van der Waals surface area contributed by atoms with E-state index in [0.29, 0.717) is 19.1 Å². The Morgan fingerprint density at radius 1 is 1.67 bits per heavy atom. The fraction of sp³-hybridized carbons (Fsp3) is 0.500. The minimum absolute atomic E-state index is 0.0145. The lowest BCUT2D eigenvalue weighted by atomic mass is 10.2. The van der Waals surface area contributed by atoms with Crippen molar-refractivity contribution in [2.24, 2.45) is 0 Å². The van der Waals surface area contributed by atoms with Crippen LogP contribution in [0.4, 0.5) is 5.69 Å². The van der Waals surface area contributed by atoms with Gasteiger partial charge in [0.1, 0.15) is 0 Å². The van der Waals surface area contributed by atoms with Gasteiger partial charge in [-0.2, -0.15) is 11.3 Å². The van der Waals surface area contributed by atoms with Crippen LogP contribution in [0.25, 0.3) is 0 Å². The molecule has 0 spiro atoms. The van der Waals surface area contributed by atoms with Gasteiger partial charge in [-0.15, -0.1) is 0 Å². The minimum Gasteiger partial charge on any atom is -0.375 e. The van der Waals surface area contributed by atoms with Gasteiger partial charge in [0.15, 0.2) is 0 Å². The third-order valence-corrected chi connectivity index (χ3v) is 2.91. The SMILES string of the molecule is O=C(CCOC1CNC1)Nc1ccsc1. The van der Waals surface area contributed by atoms with Crippen LogP contribution in [0.2, 0.25) is 0 Å². The van der Waals surface area contributed by atoms with Gasteiger partial charge in [0.05, 0.1) is 24.8 Å². The molecule has 1 aromatic rings. The standard InChI is InChI=1S/C10H14N2O2S/c13-10(12-8-2-4-15-7-8)1-3-14-9-5-11-6-9/h2,4,7,9,11H,1,3,5-6H2,(H,12,13). The maximum Gasteiger partial charge on any atom is 0.226 e. The van der Waals surface area contributed by atoms with E-state index in [1.807, 2.05) is 16.8 Å². The van der Waals surface area contributed by atoms with Gasteiger partial charge in [-0.05, 0) is 11.4 Å². The molecule has 4 nitrogen and oxygen atoms in total. The number of rotatable bonds is 5. The lowest BCUT2D eigenvalue weighted by Gasteiger charge is -2.26. The molecule has 82 valence electrons. The Morgan fingerprint density at radius 2 is 2.53 bits per heavy atom. The second kappa shape index (κ2) is 5.25. The smallest absolute Gasteiger partial charge is 0.226 e. The van der Waals surface area contributed by atoms with E-state index in [4.69, 9.17) is 4.74 Å². The largest absolute Gasteiger partial charge is 0.375 e. The second-order valence-electron chi connectivity index (χ2n) is 3.46. The molecule has 1 aromatic heterocycles. The Morgan fingerprint density at radius 3 is 3.13 bits per heavy atom. The first-order chi connectivity index (χ1) is 7.34. The molecule has 1 fully saturated rings. The maximum absolute atomic E-state index is 11.4. The van der Waals surface area contributed by atoms with Gasteiger partial charge >= 0.3 is 0 Å². The van der Waals surface area contributed by atoms with Gasteiger partial charge in [-0.1, -0.05) is 0 Å². The molecule has 15 heavy (non-hydrogen) atoms. The lowest BCUT2D eigenvalue weighted by molar-refractivity contribution is -0.118. The zero-order valence-corrected chi connectivity index (χ0v) is 9.18. The molecule has 0 bridgehead atoms. The summed E-state index contributed by atoms with van der Waals surface area (Å²) in [4.78, 5) is 11.4. The third kappa shape index (κ3) is 3.30. The number of thiophene rings is 1. The summed E-state index contributed by atoms with van der Waals surface area (Å²) < 4.78 is 5.45. The number of carbonyl (C=O) groups is 1. The molecule has 2 N–H and O–H groups in total. The minimum atomic E-state index is 0.0145. The van der Waals surface area contributed by atoms with Crippen molar-refractivity contribution in [1.82, 2.24) is 5.32 Å². The Hall–Kier alpha value is -0.910. The highest BCUT2D eigenvalue weighted by molar-refractivity contribution is 7.08. The number of ether oxygens (including phenoxy) is 1. The molecule has 1 aliphatic heterocycles. The highest BCUT2D eigenvalue weighted by Gasteiger charge is 2.16. The second-order valence-corrected chi connectivity index (χ2v) is 4.24. The summed E-state index contributed by atoms with van der Waals surface area (Å²) in [6.07, 6.45) is 0.728. The van der Waals surface area contributed by atoms with Crippen molar-refractivity contribution in [3.8, 4) is 0 Å². The van der Waals surface area contributed by atoms with Crippen LogP contribution in [0.15, 0.2) is 16.8 Å². The third-order valence-electron chi connectivity index (χ3n) is 2.23. The highest BCUT2D eigenvalue weighted by Crippen LogP contribution is 2.11. The monoisotopic (exact) mass is 226 g/mol. The average molecular weight is 226 g/mol. The van der Waals surface area contributed by atoms with E-state index in [2.05, 4.69) is 10.6 Å². The number of anilines is 1. The number of nitrogens with one attached hydrogen (secondary N) is 2. The van der Waals surface area contributed by atoms with Gasteiger partial charge in [0.25, 0.3) is 0 Å². The normalized spacial score (nSPS) is 16.0. The molecule has 0 atom stereocenters. The summed E-state index contributed by atoms with van der Waals surface area (Å²) in [7, 11) is 0. The molecular formula is C10H14N2O2S. The van der Waals surface area contributed by atoms with E-state index in [1.54, 1.807) is 11.3 Å². The topological polar surface area (TPSA) is 50.4 Å². The quantitative estimate of drug-likeness (QED) is 0.789.